The van der Waals surface area contributed by atoms with E-state index in [-0.39, 0.29) is 11.7 Å². The van der Waals surface area contributed by atoms with E-state index in [4.69, 9.17) is 4.74 Å². The standard InChI is InChI=1S/C15H17N3O2S/c1-3-11-5-7-16-13(9-11)12-6-8-17-15(18-12)21-10-14(19)20-4-2/h5-9H,3-4,10H2,1-2H3. The van der Waals surface area contributed by atoms with E-state index in [9.17, 15) is 4.79 Å². The molecule has 0 aliphatic carbocycles. The Balaban J connectivity index is 2.11. The van der Waals surface area contributed by atoms with Crippen molar-refractivity contribution < 1.29 is 9.53 Å². The second-order valence-corrected chi connectivity index (χ2v) is 5.16. The van der Waals surface area contributed by atoms with Crippen molar-refractivity contribution in [2.24, 2.45) is 0 Å². The summed E-state index contributed by atoms with van der Waals surface area (Å²) in [6.45, 7) is 4.26. The van der Waals surface area contributed by atoms with Crippen LogP contribution in [0.5, 0.6) is 0 Å². The summed E-state index contributed by atoms with van der Waals surface area (Å²) in [4.78, 5) is 24.3. The van der Waals surface area contributed by atoms with E-state index in [0.717, 1.165) is 17.8 Å². The summed E-state index contributed by atoms with van der Waals surface area (Å²) >= 11 is 1.26. The highest BCUT2D eigenvalue weighted by Crippen LogP contribution is 2.19. The fourth-order valence-corrected chi connectivity index (χ4v) is 2.34. The Bertz CT molecular complexity index is 619. The van der Waals surface area contributed by atoms with E-state index >= 15 is 0 Å². The maximum atomic E-state index is 11.3. The van der Waals surface area contributed by atoms with Crippen LogP contribution in [0.2, 0.25) is 0 Å². The molecule has 0 bridgehead atoms. The first-order chi connectivity index (χ1) is 10.2. The lowest BCUT2D eigenvalue weighted by Gasteiger charge is -2.04. The molecular weight excluding hydrogens is 286 g/mol. The third kappa shape index (κ3) is 4.53. The molecule has 0 fully saturated rings. The molecule has 0 aliphatic rings. The topological polar surface area (TPSA) is 65.0 Å². The number of esters is 1. The molecule has 5 nitrogen and oxygen atoms in total. The van der Waals surface area contributed by atoms with Crippen molar-refractivity contribution in [3.05, 3.63) is 36.2 Å². The van der Waals surface area contributed by atoms with Crippen LogP contribution in [-0.2, 0) is 16.0 Å². The second-order valence-electron chi connectivity index (χ2n) is 4.22. The number of carbonyl (C=O) groups excluding carboxylic acids is 1. The molecule has 0 saturated heterocycles. The van der Waals surface area contributed by atoms with Crippen molar-refractivity contribution in [3.63, 3.8) is 0 Å². The highest BCUT2D eigenvalue weighted by molar-refractivity contribution is 7.99. The molecule has 2 rings (SSSR count). The average Bonchev–Trinajstić information content (AvgIpc) is 2.53. The number of rotatable bonds is 6. The van der Waals surface area contributed by atoms with Crippen molar-refractivity contribution in [2.45, 2.75) is 25.4 Å². The van der Waals surface area contributed by atoms with Gasteiger partial charge in [-0.2, -0.15) is 0 Å². The summed E-state index contributed by atoms with van der Waals surface area (Å²) in [5, 5.41) is 0.546. The van der Waals surface area contributed by atoms with Crippen LogP contribution < -0.4 is 0 Å². The Kier molecular flexibility index (Phi) is 5.68. The number of pyridine rings is 1. The lowest BCUT2D eigenvalue weighted by atomic mass is 10.1. The van der Waals surface area contributed by atoms with Crippen molar-refractivity contribution in [1.82, 2.24) is 15.0 Å². The Labute approximate surface area is 128 Å². The van der Waals surface area contributed by atoms with E-state index in [1.165, 1.54) is 17.3 Å². The molecule has 2 heterocycles. The molecule has 0 N–H and O–H groups in total. The Morgan fingerprint density at radius 2 is 2.00 bits per heavy atom. The third-order valence-corrected chi connectivity index (χ3v) is 3.59. The molecule has 0 aliphatic heterocycles. The van der Waals surface area contributed by atoms with E-state index in [1.54, 1.807) is 19.3 Å². The molecule has 2 aromatic rings. The Morgan fingerprint density at radius 1 is 1.19 bits per heavy atom. The number of nitrogens with zero attached hydrogens (tertiary/aromatic N) is 3. The van der Waals surface area contributed by atoms with Crippen LogP contribution in [0, 0.1) is 0 Å². The lowest BCUT2D eigenvalue weighted by molar-refractivity contribution is -0.139. The Morgan fingerprint density at radius 3 is 2.76 bits per heavy atom. The van der Waals surface area contributed by atoms with Gasteiger partial charge in [-0.1, -0.05) is 18.7 Å². The smallest absolute Gasteiger partial charge is 0.316 e. The van der Waals surface area contributed by atoms with Crippen LogP contribution in [0.4, 0.5) is 0 Å². The SMILES string of the molecule is CCOC(=O)CSc1nccc(-c2cc(CC)ccn2)n1. The van der Waals surface area contributed by atoms with Crippen LogP contribution in [0.3, 0.4) is 0 Å². The molecule has 21 heavy (non-hydrogen) atoms. The molecular formula is C15H17N3O2S. The van der Waals surface area contributed by atoms with Crippen molar-refractivity contribution in [3.8, 4) is 11.4 Å². The molecule has 2 aromatic heterocycles. The van der Waals surface area contributed by atoms with Gasteiger partial charge in [0.2, 0.25) is 0 Å². The van der Waals surface area contributed by atoms with Gasteiger partial charge in [-0.15, -0.1) is 0 Å². The minimum Gasteiger partial charge on any atom is -0.465 e. The highest BCUT2D eigenvalue weighted by Gasteiger charge is 2.08. The maximum absolute atomic E-state index is 11.3. The molecule has 0 spiro atoms. The predicted molar refractivity (Wildman–Crippen MR) is 82.0 cm³/mol. The number of aryl methyl sites for hydroxylation is 1. The zero-order valence-corrected chi connectivity index (χ0v) is 12.9. The fraction of sp³-hybridized carbons (Fsp3) is 0.333. The molecule has 0 saturated carbocycles. The van der Waals surface area contributed by atoms with Gasteiger partial charge in [0.15, 0.2) is 5.16 Å². The van der Waals surface area contributed by atoms with Gasteiger partial charge in [-0.3, -0.25) is 9.78 Å². The minimum absolute atomic E-state index is 0.208. The van der Waals surface area contributed by atoms with Crippen LogP contribution >= 0.6 is 11.8 Å². The summed E-state index contributed by atoms with van der Waals surface area (Å²) in [5.41, 5.74) is 2.78. The fourth-order valence-electron chi connectivity index (χ4n) is 1.71. The molecule has 0 unspecified atom stereocenters. The number of ether oxygens (including phenoxy) is 1. The quantitative estimate of drug-likeness (QED) is 0.464. The predicted octanol–water partition coefficient (Wildman–Crippen LogP) is 2.76. The van der Waals surface area contributed by atoms with E-state index < -0.39 is 0 Å². The van der Waals surface area contributed by atoms with Gasteiger partial charge in [0.05, 0.1) is 23.7 Å². The first kappa shape index (κ1) is 15.4. The number of aromatic nitrogens is 3. The average molecular weight is 303 g/mol. The van der Waals surface area contributed by atoms with Crippen LogP contribution in [0.25, 0.3) is 11.4 Å². The van der Waals surface area contributed by atoms with Gasteiger partial charge in [0, 0.05) is 12.4 Å². The van der Waals surface area contributed by atoms with Gasteiger partial charge in [-0.25, -0.2) is 9.97 Å². The molecule has 0 radical (unpaired) electrons. The maximum Gasteiger partial charge on any atom is 0.316 e. The molecule has 0 atom stereocenters. The van der Waals surface area contributed by atoms with Gasteiger partial charge >= 0.3 is 5.97 Å². The largest absolute Gasteiger partial charge is 0.465 e. The highest BCUT2D eigenvalue weighted by atomic mass is 32.2. The normalized spacial score (nSPS) is 10.4. The molecule has 6 heteroatoms. The number of hydrogen-bond donors (Lipinski definition) is 0. The second kappa shape index (κ2) is 7.73. The van der Waals surface area contributed by atoms with Gasteiger partial charge in [0.1, 0.15) is 0 Å². The Hall–Kier alpha value is -1.95. The third-order valence-electron chi connectivity index (χ3n) is 2.75. The zero-order chi connectivity index (χ0) is 15.1. The number of carbonyl (C=O) groups is 1. The molecule has 110 valence electrons. The van der Waals surface area contributed by atoms with Crippen molar-refractivity contribution in [1.29, 1.82) is 0 Å². The van der Waals surface area contributed by atoms with E-state index in [1.807, 2.05) is 18.2 Å². The van der Waals surface area contributed by atoms with Crippen LogP contribution in [-0.4, -0.2) is 33.3 Å². The summed E-state index contributed by atoms with van der Waals surface area (Å²) in [5.74, 6) is -0.0534. The van der Waals surface area contributed by atoms with E-state index in [0.29, 0.717) is 11.8 Å². The summed E-state index contributed by atoms with van der Waals surface area (Å²) in [6.07, 6.45) is 4.41. The minimum atomic E-state index is -0.261. The van der Waals surface area contributed by atoms with Gasteiger partial charge in [0.25, 0.3) is 0 Å². The van der Waals surface area contributed by atoms with Gasteiger partial charge < -0.3 is 4.74 Å². The monoisotopic (exact) mass is 303 g/mol. The van der Waals surface area contributed by atoms with Crippen molar-refractivity contribution in [2.75, 3.05) is 12.4 Å². The van der Waals surface area contributed by atoms with Crippen LogP contribution in [0.15, 0.2) is 35.7 Å². The summed E-state index contributed by atoms with van der Waals surface area (Å²) < 4.78 is 4.88. The zero-order valence-electron chi connectivity index (χ0n) is 12.1. The number of hydrogen-bond acceptors (Lipinski definition) is 6. The molecule has 0 aromatic carbocycles. The first-order valence-electron chi connectivity index (χ1n) is 6.79. The van der Waals surface area contributed by atoms with E-state index in [2.05, 4.69) is 21.9 Å². The van der Waals surface area contributed by atoms with Crippen molar-refractivity contribution >= 4 is 17.7 Å². The lowest BCUT2D eigenvalue weighted by Crippen LogP contribution is -2.07. The first-order valence-corrected chi connectivity index (χ1v) is 7.78. The summed E-state index contributed by atoms with van der Waals surface area (Å²) in [7, 11) is 0. The van der Waals surface area contributed by atoms with Gasteiger partial charge in [-0.05, 0) is 37.1 Å². The molecule has 0 amide bonds. The number of thioether (sulfide) groups is 1. The summed E-state index contributed by atoms with van der Waals surface area (Å²) in [6, 6.07) is 5.82. The van der Waals surface area contributed by atoms with Crippen LogP contribution in [0.1, 0.15) is 19.4 Å².